The maximum absolute atomic E-state index is 6.61. The van der Waals surface area contributed by atoms with E-state index in [1.807, 2.05) is 36.4 Å². The fraction of sp³-hybridized carbons (Fsp3) is 0.0976. The first kappa shape index (κ1) is 53.1. The molecule has 430 valence electrons. The zero-order valence-electron chi connectivity index (χ0n) is 51.5. The molecule has 11 aromatic carbocycles. The standard InChI is InChI=1S/C82H62N8/c1-47-24-15-38-59-67(47)68-48(2)25-16-39-60(68)87(59)76-75(57-36-23-37-58(46-57)80-84-78(55-32-11-9-12-33-55)83-79(85-80)56-34-13-10-14-35-56)77(88-61-40-17-26-49(3)69(61)70-50(4)27-18-41-62(70)88)82(90-65-44-21-30-53(7)73(65)74-54(8)31-22-45-66(74)90)86-81(76)89-63-42-19-28-51(5)71(63)72-52(6)29-20-43-64(72)89/h9-46H,1-8H3. The van der Waals surface area contributed by atoms with Crippen molar-refractivity contribution in [2.75, 3.05) is 0 Å². The second-order valence-electron chi connectivity index (χ2n) is 24.5. The van der Waals surface area contributed by atoms with E-state index >= 15 is 0 Å². The van der Waals surface area contributed by atoms with Crippen LogP contribution in [0.3, 0.4) is 0 Å². The van der Waals surface area contributed by atoms with E-state index < -0.39 is 0 Å². The van der Waals surface area contributed by atoms with Gasteiger partial charge in [0.15, 0.2) is 29.1 Å². The molecule has 0 radical (unpaired) electrons. The molecule has 0 amide bonds. The van der Waals surface area contributed by atoms with Crippen molar-refractivity contribution in [3.05, 3.63) is 275 Å². The van der Waals surface area contributed by atoms with Crippen LogP contribution in [0.5, 0.6) is 0 Å². The Kier molecular flexibility index (Phi) is 11.9. The molecule has 0 unspecified atom stereocenters. The summed E-state index contributed by atoms with van der Waals surface area (Å²) in [5.74, 6) is 3.33. The van der Waals surface area contributed by atoms with Crippen LogP contribution < -0.4 is 0 Å². The van der Waals surface area contributed by atoms with Crippen LogP contribution in [0.1, 0.15) is 44.5 Å². The first-order valence-corrected chi connectivity index (χ1v) is 31.1. The molecule has 0 aliphatic heterocycles. The van der Waals surface area contributed by atoms with Crippen LogP contribution in [0.15, 0.2) is 231 Å². The Bertz CT molecular complexity index is 5310. The lowest BCUT2D eigenvalue weighted by molar-refractivity contribution is 0.960. The minimum Gasteiger partial charge on any atom is -0.305 e. The van der Waals surface area contributed by atoms with Gasteiger partial charge in [-0.25, -0.2) is 19.9 Å². The van der Waals surface area contributed by atoms with Crippen LogP contribution in [-0.4, -0.2) is 38.2 Å². The van der Waals surface area contributed by atoms with E-state index in [9.17, 15) is 0 Å². The van der Waals surface area contributed by atoms with E-state index in [4.69, 9.17) is 19.9 Å². The normalized spacial score (nSPS) is 12.0. The lowest BCUT2D eigenvalue weighted by Gasteiger charge is -2.27. The summed E-state index contributed by atoms with van der Waals surface area (Å²) in [6.07, 6.45) is 0. The molecule has 0 aliphatic rings. The Morgan fingerprint density at radius 3 is 0.733 bits per heavy atom. The molecular formula is C82H62N8. The maximum atomic E-state index is 6.61. The van der Waals surface area contributed by atoms with Crippen LogP contribution in [-0.2, 0) is 0 Å². The first-order chi connectivity index (χ1) is 44.0. The number of benzene rings is 11. The molecule has 0 fully saturated rings. The number of pyridine rings is 1. The van der Waals surface area contributed by atoms with Crippen molar-refractivity contribution in [2.45, 2.75) is 55.4 Å². The third-order valence-electron chi connectivity index (χ3n) is 19.0. The van der Waals surface area contributed by atoms with Crippen LogP contribution in [0.4, 0.5) is 0 Å². The topological polar surface area (TPSA) is 71.3 Å². The summed E-state index contributed by atoms with van der Waals surface area (Å²) in [5.41, 5.74) is 24.7. The molecule has 0 aliphatic carbocycles. The summed E-state index contributed by atoms with van der Waals surface area (Å²) in [5, 5.41) is 9.65. The Balaban J connectivity index is 1.17. The molecule has 0 atom stereocenters. The smallest absolute Gasteiger partial charge is 0.165 e. The molecule has 8 heteroatoms. The molecule has 0 spiro atoms. The first-order valence-electron chi connectivity index (χ1n) is 31.1. The highest BCUT2D eigenvalue weighted by atomic mass is 15.2. The minimum absolute atomic E-state index is 0.565. The second-order valence-corrected chi connectivity index (χ2v) is 24.5. The van der Waals surface area contributed by atoms with Gasteiger partial charge in [0.25, 0.3) is 0 Å². The van der Waals surface area contributed by atoms with Crippen LogP contribution >= 0.6 is 0 Å². The Labute approximate surface area is 521 Å². The Morgan fingerprint density at radius 2 is 0.444 bits per heavy atom. The summed E-state index contributed by atoms with van der Waals surface area (Å²) in [4.78, 5) is 22.6. The predicted molar refractivity (Wildman–Crippen MR) is 375 cm³/mol. The summed E-state index contributed by atoms with van der Waals surface area (Å²) in [6.45, 7) is 18.0. The van der Waals surface area contributed by atoms with Gasteiger partial charge in [-0.1, -0.05) is 176 Å². The average molecular weight is 1160 g/mol. The van der Waals surface area contributed by atoms with Gasteiger partial charge in [-0.05, 0) is 160 Å². The van der Waals surface area contributed by atoms with Gasteiger partial charge in [0.05, 0.1) is 44.1 Å². The molecule has 0 bridgehead atoms. The van der Waals surface area contributed by atoms with Crippen molar-refractivity contribution in [3.8, 4) is 68.3 Å². The van der Waals surface area contributed by atoms with Gasteiger partial charge in [-0.3, -0.25) is 9.13 Å². The van der Waals surface area contributed by atoms with E-state index in [1.165, 1.54) is 87.6 Å². The van der Waals surface area contributed by atoms with Crippen molar-refractivity contribution < 1.29 is 0 Å². The van der Waals surface area contributed by atoms with Gasteiger partial charge in [0.1, 0.15) is 11.4 Å². The molecular weight excluding hydrogens is 1100 g/mol. The number of aryl methyl sites for hydroxylation is 8. The second kappa shape index (κ2) is 20.2. The monoisotopic (exact) mass is 1160 g/mol. The lowest BCUT2D eigenvalue weighted by Crippen LogP contribution is -2.16. The highest BCUT2D eigenvalue weighted by molar-refractivity contribution is 6.18. The van der Waals surface area contributed by atoms with Crippen molar-refractivity contribution in [3.63, 3.8) is 0 Å². The van der Waals surface area contributed by atoms with E-state index in [2.05, 4.69) is 268 Å². The fourth-order valence-electron chi connectivity index (χ4n) is 15.1. The quantitative estimate of drug-likeness (QED) is 0.152. The molecule has 0 saturated carbocycles. The molecule has 0 saturated heterocycles. The van der Waals surface area contributed by atoms with Crippen LogP contribution in [0.25, 0.3) is 156 Å². The number of rotatable bonds is 8. The van der Waals surface area contributed by atoms with Gasteiger partial charge in [0, 0.05) is 65.3 Å². The van der Waals surface area contributed by atoms with E-state index in [1.54, 1.807) is 0 Å². The van der Waals surface area contributed by atoms with Crippen molar-refractivity contribution in [1.82, 2.24) is 38.2 Å². The SMILES string of the molecule is Cc1cccc2c1c1c(C)cccc1n2-c1nc(-n2c3cccc(C)c3c3c(C)cccc32)c(-n2c3cccc(C)c3c3c(C)cccc32)c(-c2cccc(-c3nc(-c4ccccc4)nc(-c4ccccc4)n3)c2)c1-n1c2cccc(C)c2c2c(C)cccc21. The van der Waals surface area contributed by atoms with Gasteiger partial charge < -0.3 is 9.13 Å². The number of hydrogen-bond acceptors (Lipinski definition) is 4. The highest BCUT2D eigenvalue weighted by Crippen LogP contribution is 2.51. The number of fused-ring (bicyclic) bond motifs is 12. The largest absolute Gasteiger partial charge is 0.305 e. The molecule has 6 aromatic heterocycles. The third-order valence-corrected chi connectivity index (χ3v) is 19.0. The molecule has 17 rings (SSSR count). The van der Waals surface area contributed by atoms with Gasteiger partial charge in [0.2, 0.25) is 0 Å². The van der Waals surface area contributed by atoms with Crippen LogP contribution in [0, 0.1) is 55.4 Å². The summed E-state index contributed by atoms with van der Waals surface area (Å²) < 4.78 is 10.1. The highest BCUT2D eigenvalue weighted by Gasteiger charge is 2.34. The van der Waals surface area contributed by atoms with Crippen molar-refractivity contribution in [1.29, 1.82) is 0 Å². The fourth-order valence-corrected chi connectivity index (χ4v) is 15.1. The van der Waals surface area contributed by atoms with Gasteiger partial charge in [-0.2, -0.15) is 0 Å². The summed E-state index contributed by atoms with van der Waals surface area (Å²) in [6, 6.07) is 83.6. The molecule has 0 N–H and O–H groups in total. The van der Waals surface area contributed by atoms with Gasteiger partial charge >= 0.3 is 0 Å². The number of aromatic nitrogens is 8. The Morgan fingerprint density at radius 1 is 0.211 bits per heavy atom. The molecule has 17 aromatic rings. The number of nitrogens with zero attached hydrogens (tertiary/aromatic N) is 8. The summed E-state index contributed by atoms with van der Waals surface area (Å²) in [7, 11) is 0. The number of hydrogen-bond donors (Lipinski definition) is 0. The molecule has 90 heavy (non-hydrogen) atoms. The maximum Gasteiger partial charge on any atom is 0.165 e. The lowest BCUT2D eigenvalue weighted by atomic mass is 9.98. The zero-order valence-corrected chi connectivity index (χ0v) is 51.5. The summed E-state index contributed by atoms with van der Waals surface area (Å²) >= 11 is 0. The third kappa shape index (κ3) is 7.73. The molecule has 8 nitrogen and oxygen atoms in total. The average Bonchev–Trinajstić information content (AvgIpc) is 1.46. The van der Waals surface area contributed by atoms with Crippen molar-refractivity contribution >= 4 is 87.2 Å². The van der Waals surface area contributed by atoms with Crippen LogP contribution in [0.2, 0.25) is 0 Å². The van der Waals surface area contributed by atoms with E-state index in [0.717, 1.165) is 95.0 Å². The predicted octanol–water partition coefficient (Wildman–Crippen LogP) is 20.8. The van der Waals surface area contributed by atoms with E-state index in [-0.39, 0.29) is 0 Å². The van der Waals surface area contributed by atoms with Gasteiger partial charge in [-0.15, -0.1) is 0 Å². The van der Waals surface area contributed by atoms with Crippen molar-refractivity contribution in [2.24, 2.45) is 0 Å². The van der Waals surface area contributed by atoms with E-state index in [0.29, 0.717) is 17.5 Å². The minimum atomic E-state index is 0.565. The Hall–Kier alpha value is -11.2. The zero-order chi connectivity index (χ0) is 60.8. The molecule has 6 heterocycles.